The van der Waals surface area contributed by atoms with E-state index in [0.29, 0.717) is 11.2 Å². The Morgan fingerprint density at radius 1 is 1.25 bits per heavy atom. The van der Waals surface area contributed by atoms with Crippen molar-refractivity contribution in [1.82, 2.24) is 0 Å². The fraction of sp³-hybridized carbons (Fsp3) is 0. The minimum absolute atomic E-state index is 0.396. The van der Waals surface area contributed by atoms with Crippen LogP contribution in [0, 0.1) is 5.31 Å². The van der Waals surface area contributed by atoms with E-state index in [2.05, 4.69) is 0 Å². The van der Waals surface area contributed by atoms with Gasteiger partial charge < -0.3 is 0 Å². The second kappa shape index (κ2) is 4.04. The Bertz CT molecular complexity index is 262. The molecule has 3 N–H and O–H groups in total. The molecule has 0 unspecified atom stereocenters. The molecule has 0 atom stereocenters. The van der Waals surface area contributed by atoms with E-state index >= 15 is 0 Å². The summed E-state index contributed by atoms with van der Waals surface area (Å²) >= 11 is 0. The van der Waals surface area contributed by atoms with Crippen LogP contribution in [-0.2, 0) is 0 Å². The fourth-order valence-corrected chi connectivity index (χ4v) is 0.787. The van der Waals surface area contributed by atoms with Gasteiger partial charge in [-0.3, -0.25) is 0 Å². The van der Waals surface area contributed by atoms with E-state index in [1.165, 1.54) is 12.1 Å². The molecule has 0 amide bonds. The van der Waals surface area contributed by atoms with Crippen LogP contribution >= 0.6 is 0 Å². The van der Waals surface area contributed by atoms with Gasteiger partial charge in [-0.2, -0.15) is 0 Å². The summed E-state index contributed by atoms with van der Waals surface area (Å²) < 4.78 is 4.72. The van der Waals surface area contributed by atoms with Gasteiger partial charge in [0.05, 0.1) is 0 Å². The molecule has 4 nitrogen and oxygen atoms in total. The predicted octanol–water partition coefficient (Wildman–Crippen LogP) is -0.873. The van der Waals surface area contributed by atoms with E-state index in [1.54, 1.807) is 12.1 Å². The monoisotopic (exact) mass is 163 g/mol. The van der Waals surface area contributed by atoms with Gasteiger partial charge in [-0.25, -0.2) is 0 Å². The fourth-order valence-electron chi connectivity index (χ4n) is 0.787. The van der Waals surface area contributed by atoms with Gasteiger partial charge in [-0.05, 0) is 0 Å². The third kappa shape index (κ3) is 2.18. The normalized spacial score (nSPS) is 8.83. The van der Waals surface area contributed by atoms with Crippen molar-refractivity contribution in [2.24, 2.45) is 0 Å². The molecule has 1 rings (SSSR count). The Hall–Kier alpha value is -1.13. The third-order valence-electron chi connectivity index (χ3n) is 1.37. The van der Waals surface area contributed by atoms with E-state index in [-0.39, 0.29) is 0 Å². The van der Waals surface area contributed by atoms with Crippen molar-refractivity contribution in [2.45, 2.75) is 0 Å². The minimum atomic E-state index is -1.46. The molecule has 6 heteroatoms. The Labute approximate surface area is 70.7 Å². The summed E-state index contributed by atoms with van der Waals surface area (Å²) in [6.45, 7) is 0. The van der Waals surface area contributed by atoms with E-state index in [0.717, 1.165) is 7.27 Å². The molecule has 0 aliphatic rings. The second-order valence-electron chi connectivity index (χ2n) is 2.18. The number of rotatable bonds is 3. The molecule has 1 aromatic rings. The van der Waals surface area contributed by atoms with Gasteiger partial charge in [-0.1, -0.05) is 0 Å². The quantitative estimate of drug-likeness (QED) is 0.506. The molecule has 0 aliphatic heterocycles. The Balaban J connectivity index is 2.78. The van der Waals surface area contributed by atoms with Crippen LogP contribution in [0.3, 0.4) is 0 Å². The van der Waals surface area contributed by atoms with Crippen LogP contribution < -0.4 is 10.1 Å². The summed E-state index contributed by atoms with van der Waals surface area (Å²) in [6, 6.07) is 6.15. The first-order valence-electron chi connectivity index (χ1n) is 3.35. The van der Waals surface area contributed by atoms with Gasteiger partial charge >= 0.3 is 69.9 Å². The van der Waals surface area contributed by atoms with Gasteiger partial charge in [0.25, 0.3) is 0 Å². The van der Waals surface area contributed by atoms with E-state index in [1.807, 2.05) is 0 Å². The van der Waals surface area contributed by atoms with E-state index < -0.39 is 7.12 Å². The molecular formula is C6H7B2NO3. The number of hydrogen-bond acceptors (Lipinski definition) is 4. The number of hydrogen-bond donors (Lipinski definition) is 3. The molecule has 0 radical (unpaired) electrons. The topological polar surface area (TPSA) is 73.5 Å². The summed E-state index contributed by atoms with van der Waals surface area (Å²) in [4.78, 5) is 0. The van der Waals surface area contributed by atoms with Crippen LogP contribution in [0.2, 0.25) is 0 Å². The predicted molar refractivity (Wildman–Crippen MR) is 45.4 cm³/mol. The van der Waals surface area contributed by atoms with Crippen LogP contribution in [0.25, 0.3) is 0 Å². The Morgan fingerprint density at radius 2 is 1.83 bits per heavy atom. The summed E-state index contributed by atoms with van der Waals surface area (Å²) in [6.07, 6.45) is 0. The molecule has 0 fully saturated rings. The van der Waals surface area contributed by atoms with E-state index in [9.17, 15) is 0 Å². The zero-order valence-electron chi connectivity index (χ0n) is 6.27. The average Bonchev–Trinajstić information content (AvgIpc) is 2.06. The van der Waals surface area contributed by atoms with Gasteiger partial charge in [0.2, 0.25) is 0 Å². The zero-order valence-corrected chi connectivity index (χ0v) is 6.27. The van der Waals surface area contributed by atoms with Crippen LogP contribution in [0.5, 0.6) is 5.75 Å². The average molecular weight is 163 g/mol. The maximum absolute atomic E-state index is 8.71. The molecule has 0 saturated heterocycles. The molecule has 0 spiro atoms. The standard InChI is InChI=1S/C6H7B2NO3/c9-7-12-6-3-1-5(2-4-6)8(10)11/h1-4,9-11H. The molecule has 0 saturated carbocycles. The summed E-state index contributed by atoms with van der Waals surface area (Å²) in [7, 11) is -0.649. The van der Waals surface area contributed by atoms with Crippen molar-refractivity contribution in [3.05, 3.63) is 24.3 Å². The Kier molecular flexibility index (Phi) is 3.01. The SMILES string of the molecule is N=BOc1ccc(B(O)O)cc1. The van der Waals surface area contributed by atoms with Crippen molar-refractivity contribution < 1.29 is 14.7 Å². The third-order valence-corrected chi connectivity index (χ3v) is 1.37. The van der Waals surface area contributed by atoms with Gasteiger partial charge in [0, 0.05) is 0 Å². The molecule has 0 aromatic heterocycles. The first-order chi connectivity index (χ1) is 5.74. The number of nitrogens with one attached hydrogen (secondary N) is 1. The first-order valence-corrected chi connectivity index (χ1v) is 3.35. The molecule has 60 valence electrons. The molecule has 1 aromatic carbocycles. The van der Waals surface area contributed by atoms with Gasteiger partial charge in [0.15, 0.2) is 0 Å². The van der Waals surface area contributed by atoms with Crippen LogP contribution in [0.4, 0.5) is 0 Å². The van der Waals surface area contributed by atoms with Gasteiger partial charge in [0.1, 0.15) is 0 Å². The van der Waals surface area contributed by atoms with Crippen LogP contribution in [-0.4, -0.2) is 24.4 Å². The van der Waals surface area contributed by atoms with Gasteiger partial charge in [-0.15, -0.1) is 0 Å². The molecule has 0 heterocycles. The summed E-state index contributed by atoms with van der Waals surface area (Å²) in [5.74, 6) is 0.495. The second-order valence-corrected chi connectivity index (χ2v) is 2.18. The zero-order chi connectivity index (χ0) is 8.97. The van der Waals surface area contributed by atoms with Crippen LogP contribution in [0.1, 0.15) is 0 Å². The first kappa shape index (κ1) is 8.96. The van der Waals surface area contributed by atoms with Crippen molar-refractivity contribution in [3.63, 3.8) is 0 Å². The molecule has 0 aliphatic carbocycles. The molecule has 12 heavy (non-hydrogen) atoms. The summed E-state index contributed by atoms with van der Waals surface area (Å²) in [5, 5.41) is 24.1. The molecule has 0 bridgehead atoms. The Morgan fingerprint density at radius 3 is 2.25 bits per heavy atom. The maximum atomic E-state index is 8.71. The van der Waals surface area contributed by atoms with E-state index in [4.69, 9.17) is 20.0 Å². The van der Waals surface area contributed by atoms with Crippen molar-refractivity contribution in [1.29, 1.82) is 5.31 Å². The van der Waals surface area contributed by atoms with Crippen molar-refractivity contribution in [3.8, 4) is 5.75 Å². The summed E-state index contributed by atoms with van der Waals surface area (Å²) in [5.41, 5.74) is 0.396. The number of benzene rings is 1. The van der Waals surface area contributed by atoms with Crippen molar-refractivity contribution >= 4 is 19.9 Å². The van der Waals surface area contributed by atoms with Crippen LogP contribution in [0.15, 0.2) is 24.3 Å². The molecular weight excluding hydrogens is 156 g/mol. The van der Waals surface area contributed by atoms with Crippen molar-refractivity contribution in [2.75, 3.05) is 0 Å².